The summed E-state index contributed by atoms with van der Waals surface area (Å²) in [5.74, 6) is -2.47. The standard InChI is InChI=1S/C18H14ClFN2O3S/c19-13-7-10(5-6-14(13)20)22-18(25)17(24)21-8-15(23)12-9-26-16-4-2-1-3-11(12)16/h1-7,9,15,23H,8H2,(H,21,24)(H,22,25). The minimum atomic E-state index is -0.942. The van der Waals surface area contributed by atoms with E-state index >= 15 is 0 Å². The maximum Gasteiger partial charge on any atom is 0.313 e. The number of aliphatic hydroxyl groups is 1. The molecule has 1 heterocycles. The minimum Gasteiger partial charge on any atom is -0.387 e. The van der Waals surface area contributed by atoms with Crippen molar-refractivity contribution in [2.45, 2.75) is 6.10 Å². The van der Waals surface area contributed by atoms with Crippen molar-refractivity contribution in [2.24, 2.45) is 0 Å². The molecule has 0 saturated heterocycles. The molecule has 0 spiro atoms. The summed E-state index contributed by atoms with van der Waals surface area (Å²) in [6.45, 7) is -0.114. The second kappa shape index (κ2) is 7.82. The van der Waals surface area contributed by atoms with Gasteiger partial charge in [-0.3, -0.25) is 9.59 Å². The van der Waals surface area contributed by atoms with E-state index in [1.54, 1.807) is 0 Å². The lowest BCUT2D eigenvalue weighted by molar-refractivity contribution is -0.136. The van der Waals surface area contributed by atoms with E-state index in [1.807, 2.05) is 29.6 Å². The number of carbonyl (C=O) groups is 2. The zero-order valence-electron chi connectivity index (χ0n) is 13.3. The number of aliphatic hydroxyl groups excluding tert-OH is 1. The van der Waals surface area contributed by atoms with Crippen LogP contribution in [-0.4, -0.2) is 23.5 Å². The largest absolute Gasteiger partial charge is 0.387 e. The van der Waals surface area contributed by atoms with E-state index in [9.17, 15) is 19.1 Å². The highest BCUT2D eigenvalue weighted by Gasteiger charge is 2.18. The predicted molar refractivity (Wildman–Crippen MR) is 99.8 cm³/mol. The van der Waals surface area contributed by atoms with Gasteiger partial charge < -0.3 is 15.7 Å². The van der Waals surface area contributed by atoms with Crippen LogP contribution in [0.15, 0.2) is 47.8 Å². The Morgan fingerprint density at radius 3 is 2.73 bits per heavy atom. The summed E-state index contributed by atoms with van der Waals surface area (Å²) in [6.07, 6.45) is -0.942. The second-order valence-electron chi connectivity index (χ2n) is 5.50. The summed E-state index contributed by atoms with van der Waals surface area (Å²) >= 11 is 7.12. The summed E-state index contributed by atoms with van der Waals surface area (Å²) in [7, 11) is 0. The maximum absolute atomic E-state index is 13.1. The summed E-state index contributed by atoms with van der Waals surface area (Å²) < 4.78 is 14.1. The van der Waals surface area contributed by atoms with Gasteiger partial charge in [0.25, 0.3) is 0 Å². The van der Waals surface area contributed by atoms with Crippen LogP contribution in [0.5, 0.6) is 0 Å². The van der Waals surface area contributed by atoms with Gasteiger partial charge in [0.2, 0.25) is 0 Å². The first-order valence-corrected chi connectivity index (χ1v) is 8.90. The van der Waals surface area contributed by atoms with Gasteiger partial charge in [0.1, 0.15) is 5.82 Å². The molecule has 8 heteroatoms. The van der Waals surface area contributed by atoms with Gasteiger partial charge in [-0.05, 0) is 35.0 Å². The van der Waals surface area contributed by atoms with Gasteiger partial charge in [-0.1, -0.05) is 29.8 Å². The Morgan fingerprint density at radius 1 is 1.19 bits per heavy atom. The lowest BCUT2D eigenvalue weighted by Gasteiger charge is -2.12. The summed E-state index contributed by atoms with van der Waals surface area (Å²) in [5, 5.41) is 17.6. The molecule has 0 saturated carbocycles. The van der Waals surface area contributed by atoms with Gasteiger partial charge in [-0.25, -0.2) is 4.39 Å². The van der Waals surface area contributed by atoms with E-state index in [-0.39, 0.29) is 17.3 Å². The van der Waals surface area contributed by atoms with Gasteiger partial charge in [0, 0.05) is 22.5 Å². The number of benzene rings is 2. The van der Waals surface area contributed by atoms with Crippen molar-refractivity contribution in [3.8, 4) is 0 Å². The van der Waals surface area contributed by atoms with Crippen LogP contribution < -0.4 is 10.6 Å². The van der Waals surface area contributed by atoms with E-state index in [1.165, 1.54) is 23.5 Å². The molecule has 2 aromatic carbocycles. The van der Waals surface area contributed by atoms with Crippen molar-refractivity contribution in [2.75, 3.05) is 11.9 Å². The number of hydrogen-bond acceptors (Lipinski definition) is 4. The Labute approximate surface area is 157 Å². The summed E-state index contributed by atoms with van der Waals surface area (Å²) in [6, 6.07) is 11.2. The van der Waals surface area contributed by atoms with E-state index in [0.29, 0.717) is 5.56 Å². The summed E-state index contributed by atoms with van der Waals surface area (Å²) in [4.78, 5) is 23.8. The molecule has 0 fully saturated rings. The van der Waals surface area contributed by atoms with Gasteiger partial charge >= 0.3 is 11.8 Å². The molecule has 134 valence electrons. The highest BCUT2D eigenvalue weighted by Crippen LogP contribution is 2.29. The number of anilines is 1. The average molecular weight is 393 g/mol. The SMILES string of the molecule is O=C(NCC(O)c1csc2ccccc12)C(=O)Nc1ccc(F)c(Cl)c1. The summed E-state index contributed by atoms with van der Waals surface area (Å²) in [5.41, 5.74) is 0.887. The molecular formula is C18H14ClFN2O3S. The molecule has 0 bridgehead atoms. The Hall–Kier alpha value is -2.48. The van der Waals surface area contributed by atoms with Crippen LogP contribution >= 0.6 is 22.9 Å². The third-order valence-corrected chi connectivity index (χ3v) is 4.98. The van der Waals surface area contributed by atoms with Gasteiger partial charge in [0.15, 0.2) is 0 Å². The third-order valence-electron chi connectivity index (χ3n) is 3.71. The number of carbonyl (C=O) groups excluding carboxylic acids is 2. The van der Waals surface area contributed by atoms with Crippen LogP contribution in [0.2, 0.25) is 5.02 Å². The zero-order chi connectivity index (χ0) is 18.7. The average Bonchev–Trinajstić information content (AvgIpc) is 3.06. The maximum atomic E-state index is 13.1. The first-order valence-electron chi connectivity index (χ1n) is 7.64. The molecular weight excluding hydrogens is 379 g/mol. The number of fused-ring (bicyclic) bond motifs is 1. The van der Waals surface area contributed by atoms with Crippen LogP contribution in [0.4, 0.5) is 10.1 Å². The molecule has 1 unspecified atom stereocenters. The molecule has 5 nitrogen and oxygen atoms in total. The van der Waals surface area contributed by atoms with Crippen LogP contribution in [-0.2, 0) is 9.59 Å². The fraction of sp³-hybridized carbons (Fsp3) is 0.111. The van der Waals surface area contributed by atoms with Gasteiger partial charge in [-0.2, -0.15) is 0 Å². The van der Waals surface area contributed by atoms with Crippen molar-refractivity contribution in [1.29, 1.82) is 0 Å². The molecule has 0 aliphatic heterocycles. The lowest BCUT2D eigenvalue weighted by Crippen LogP contribution is -2.37. The van der Waals surface area contributed by atoms with Gasteiger partial charge in [0.05, 0.1) is 11.1 Å². The minimum absolute atomic E-state index is 0.114. The van der Waals surface area contributed by atoms with E-state index in [2.05, 4.69) is 10.6 Å². The van der Waals surface area contributed by atoms with E-state index in [4.69, 9.17) is 11.6 Å². The van der Waals surface area contributed by atoms with Crippen molar-refractivity contribution in [3.63, 3.8) is 0 Å². The number of thiophene rings is 1. The van der Waals surface area contributed by atoms with Crippen LogP contribution in [0.25, 0.3) is 10.1 Å². The third kappa shape index (κ3) is 4.01. The van der Waals surface area contributed by atoms with Gasteiger partial charge in [-0.15, -0.1) is 11.3 Å². The Kier molecular flexibility index (Phi) is 5.51. The number of rotatable bonds is 4. The normalized spacial score (nSPS) is 12.0. The van der Waals surface area contributed by atoms with E-state index < -0.39 is 23.7 Å². The predicted octanol–water partition coefficient (Wildman–Crippen LogP) is 3.48. The molecule has 0 aliphatic carbocycles. The van der Waals surface area contributed by atoms with Crippen molar-refractivity contribution in [1.82, 2.24) is 5.32 Å². The van der Waals surface area contributed by atoms with Crippen LogP contribution in [0, 0.1) is 5.82 Å². The lowest BCUT2D eigenvalue weighted by atomic mass is 10.1. The second-order valence-corrected chi connectivity index (χ2v) is 6.81. The molecule has 3 N–H and O–H groups in total. The molecule has 1 atom stereocenters. The Bertz CT molecular complexity index is 976. The smallest absolute Gasteiger partial charge is 0.313 e. The molecule has 0 aliphatic rings. The zero-order valence-corrected chi connectivity index (χ0v) is 14.9. The quantitative estimate of drug-likeness (QED) is 0.595. The molecule has 1 aromatic heterocycles. The van der Waals surface area contributed by atoms with Crippen LogP contribution in [0.3, 0.4) is 0 Å². The Morgan fingerprint density at radius 2 is 1.96 bits per heavy atom. The fourth-order valence-corrected chi connectivity index (χ4v) is 3.59. The number of amides is 2. The molecule has 3 aromatic rings. The molecule has 2 amide bonds. The topological polar surface area (TPSA) is 78.4 Å². The number of halogens is 2. The Balaban J connectivity index is 1.59. The van der Waals surface area contributed by atoms with Crippen molar-refractivity contribution >= 4 is 50.5 Å². The number of nitrogens with one attached hydrogen (secondary N) is 2. The molecule has 0 radical (unpaired) electrons. The van der Waals surface area contributed by atoms with E-state index in [0.717, 1.165) is 16.2 Å². The fourth-order valence-electron chi connectivity index (χ4n) is 2.40. The highest BCUT2D eigenvalue weighted by molar-refractivity contribution is 7.17. The molecule has 26 heavy (non-hydrogen) atoms. The first kappa shape index (κ1) is 18.3. The monoisotopic (exact) mass is 392 g/mol. The van der Waals surface area contributed by atoms with Crippen molar-refractivity contribution < 1.29 is 19.1 Å². The van der Waals surface area contributed by atoms with Crippen molar-refractivity contribution in [3.05, 3.63) is 64.2 Å². The van der Waals surface area contributed by atoms with Crippen LogP contribution in [0.1, 0.15) is 11.7 Å². The highest BCUT2D eigenvalue weighted by atomic mass is 35.5. The molecule has 3 rings (SSSR count). The first-order chi connectivity index (χ1) is 12.5. The number of hydrogen-bond donors (Lipinski definition) is 3.